The molecule has 0 bridgehead atoms. The Bertz CT molecular complexity index is 614. The van der Waals surface area contributed by atoms with Crippen LogP contribution in [0.2, 0.25) is 0 Å². The molecule has 1 heterocycles. The average molecular weight is 294 g/mol. The quantitative estimate of drug-likeness (QED) is 0.497. The predicted molar refractivity (Wildman–Crippen MR) is 75.9 cm³/mol. The Morgan fingerprint density at radius 2 is 2.25 bits per heavy atom. The smallest absolute Gasteiger partial charge is 0.276 e. The van der Waals surface area contributed by atoms with E-state index in [2.05, 4.69) is 15.5 Å². The molecule has 0 saturated carbocycles. The summed E-state index contributed by atoms with van der Waals surface area (Å²) in [6.45, 7) is 4.43. The van der Waals surface area contributed by atoms with Crippen LogP contribution in [0.4, 0.5) is 11.4 Å². The fourth-order valence-corrected chi connectivity index (χ4v) is 2.45. The Morgan fingerprint density at radius 3 is 2.85 bits per heavy atom. The highest BCUT2D eigenvalue weighted by molar-refractivity contribution is 7.98. The summed E-state index contributed by atoms with van der Waals surface area (Å²) < 4.78 is 5.27. The topological polar surface area (TPSA) is 94.1 Å². The highest BCUT2D eigenvalue weighted by atomic mass is 32.2. The number of benzene rings is 1. The van der Waals surface area contributed by atoms with Gasteiger partial charge in [-0.15, -0.1) is 10.2 Å². The van der Waals surface area contributed by atoms with Crippen molar-refractivity contribution in [3.63, 3.8) is 0 Å². The van der Waals surface area contributed by atoms with Gasteiger partial charge in [-0.25, -0.2) is 0 Å². The lowest BCUT2D eigenvalue weighted by Crippen LogP contribution is -2.01. The maximum absolute atomic E-state index is 10.8. The van der Waals surface area contributed by atoms with Gasteiger partial charge in [-0.2, -0.15) is 0 Å². The third-order valence-corrected chi connectivity index (χ3v) is 3.39. The molecule has 2 aromatic rings. The molecule has 1 N–H and O–H groups in total. The zero-order valence-corrected chi connectivity index (χ0v) is 11.9. The maximum atomic E-state index is 10.8. The maximum Gasteiger partial charge on any atom is 0.276 e. The van der Waals surface area contributed by atoms with Crippen LogP contribution in [0.1, 0.15) is 18.4 Å². The second-order valence-corrected chi connectivity index (χ2v) is 4.93. The minimum absolute atomic E-state index is 0.0731. The van der Waals surface area contributed by atoms with Crippen molar-refractivity contribution in [3.8, 4) is 0 Å². The van der Waals surface area contributed by atoms with Crippen molar-refractivity contribution in [2.45, 2.75) is 24.8 Å². The van der Waals surface area contributed by atoms with E-state index in [9.17, 15) is 10.1 Å². The van der Waals surface area contributed by atoms with Gasteiger partial charge in [-0.3, -0.25) is 10.1 Å². The minimum Gasteiger partial charge on any atom is -0.416 e. The second-order valence-electron chi connectivity index (χ2n) is 4.00. The second kappa shape index (κ2) is 6.38. The van der Waals surface area contributed by atoms with Crippen molar-refractivity contribution in [2.24, 2.45) is 0 Å². The van der Waals surface area contributed by atoms with Gasteiger partial charge in [0, 0.05) is 37.0 Å². The van der Waals surface area contributed by atoms with Crippen LogP contribution in [0, 0.1) is 17.0 Å². The molecule has 1 aromatic carbocycles. The summed E-state index contributed by atoms with van der Waals surface area (Å²) in [4.78, 5) is 10.4. The summed E-state index contributed by atoms with van der Waals surface area (Å²) >= 11 is 1.35. The largest absolute Gasteiger partial charge is 0.416 e. The van der Waals surface area contributed by atoms with Crippen LogP contribution >= 0.6 is 11.8 Å². The first-order valence-electron chi connectivity index (χ1n) is 6.04. The van der Waals surface area contributed by atoms with E-state index in [1.165, 1.54) is 17.8 Å². The summed E-state index contributed by atoms with van der Waals surface area (Å²) in [5, 5.41) is 22.1. The van der Waals surface area contributed by atoms with Gasteiger partial charge in [0.15, 0.2) is 0 Å². The van der Waals surface area contributed by atoms with Gasteiger partial charge in [0.1, 0.15) is 0 Å². The molecule has 0 fully saturated rings. The number of non-ortho nitro benzene ring substituents is 1. The number of hydrogen-bond acceptors (Lipinski definition) is 7. The number of aryl methyl sites for hydroxylation is 1. The first-order chi connectivity index (χ1) is 9.60. The van der Waals surface area contributed by atoms with Gasteiger partial charge in [0.25, 0.3) is 10.9 Å². The zero-order chi connectivity index (χ0) is 14.5. The number of thioether (sulfide) groups is 1. The van der Waals surface area contributed by atoms with Crippen LogP contribution in [0.3, 0.4) is 0 Å². The molecule has 0 aliphatic rings. The number of hydrogen-bond donors (Lipinski definition) is 1. The first kappa shape index (κ1) is 14.3. The Morgan fingerprint density at radius 1 is 1.45 bits per heavy atom. The van der Waals surface area contributed by atoms with Gasteiger partial charge in [-0.1, -0.05) is 11.8 Å². The highest BCUT2D eigenvalue weighted by Gasteiger charge is 2.12. The monoisotopic (exact) mass is 294 g/mol. The molecule has 0 amide bonds. The standard InChI is InChI=1S/C12H14N4O3S/c1-3-13-11-5-4-10(16(17)18)6-9(11)7-20-12-15-14-8(2)19-12/h4-6,13H,3,7H2,1-2H3. The fraction of sp³-hybridized carbons (Fsp3) is 0.333. The van der Waals surface area contributed by atoms with Gasteiger partial charge >= 0.3 is 0 Å². The van der Waals surface area contributed by atoms with Crippen LogP contribution in [-0.2, 0) is 5.75 Å². The summed E-state index contributed by atoms with van der Waals surface area (Å²) in [5.74, 6) is 1.02. The molecule has 0 spiro atoms. The van der Waals surface area contributed by atoms with E-state index in [-0.39, 0.29) is 5.69 Å². The Labute approximate surface area is 119 Å². The normalized spacial score (nSPS) is 10.5. The van der Waals surface area contributed by atoms with Crippen molar-refractivity contribution in [1.29, 1.82) is 0 Å². The van der Waals surface area contributed by atoms with Crippen LogP contribution in [0.5, 0.6) is 0 Å². The van der Waals surface area contributed by atoms with E-state index in [0.717, 1.165) is 17.8 Å². The van der Waals surface area contributed by atoms with Crippen molar-refractivity contribution in [1.82, 2.24) is 10.2 Å². The molecule has 0 atom stereocenters. The summed E-state index contributed by atoms with van der Waals surface area (Å²) in [6, 6.07) is 4.77. The van der Waals surface area contributed by atoms with Gasteiger partial charge in [0.05, 0.1) is 4.92 Å². The number of rotatable bonds is 6. The number of nitrogens with zero attached hydrogens (tertiary/aromatic N) is 3. The Kier molecular flexibility index (Phi) is 4.57. The van der Waals surface area contributed by atoms with Crippen LogP contribution in [0.25, 0.3) is 0 Å². The number of nitrogens with one attached hydrogen (secondary N) is 1. The van der Waals surface area contributed by atoms with E-state index < -0.39 is 4.92 Å². The van der Waals surface area contributed by atoms with Crippen LogP contribution in [-0.4, -0.2) is 21.7 Å². The molecule has 0 aliphatic carbocycles. The van der Waals surface area contributed by atoms with Crippen LogP contribution in [0.15, 0.2) is 27.8 Å². The molecule has 7 nitrogen and oxygen atoms in total. The third-order valence-electron chi connectivity index (χ3n) is 2.53. The summed E-state index contributed by atoms with van der Waals surface area (Å²) in [7, 11) is 0. The van der Waals surface area contributed by atoms with E-state index >= 15 is 0 Å². The number of aromatic nitrogens is 2. The van der Waals surface area contributed by atoms with Crippen molar-refractivity contribution in [3.05, 3.63) is 39.8 Å². The van der Waals surface area contributed by atoms with Crippen molar-refractivity contribution < 1.29 is 9.34 Å². The number of anilines is 1. The van der Waals surface area contributed by atoms with E-state index in [1.807, 2.05) is 6.92 Å². The van der Waals surface area contributed by atoms with E-state index in [4.69, 9.17) is 4.42 Å². The lowest BCUT2D eigenvalue weighted by Gasteiger charge is -2.09. The Hall–Kier alpha value is -2.09. The molecular formula is C12H14N4O3S. The molecule has 0 aliphatic heterocycles. The van der Waals surface area contributed by atoms with Crippen molar-refractivity contribution >= 4 is 23.1 Å². The van der Waals surface area contributed by atoms with E-state index in [1.54, 1.807) is 19.1 Å². The summed E-state index contributed by atoms with van der Waals surface area (Å²) in [6.07, 6.45) is 0. The summed E-state index contributed by atoms with van der Waals surface area (Å²) in [5.41, 5.74) is 1.78. The fourth-order valence-electron chi connectivity index (χ4n) is 1.65. The number of nitro benzene ring substituents is 1. The van der Waals surface area contributed by atoms with E-state index in [0.29, 0.717) is 16.9 Å². The number of nitro groups is 1. The predicted octanol–water partition coefficient (Wildman–Crippen LogP) is 3.01. The van der Waals surface area contributed by atoms with Gasteiger partial charge in [0.2, 0.25) is 5.89 Å². The molecule has 20 heavy (non-hydrogen) atoms. The minimum atomic E-state index is -0.402. The zero-order valence-electron chi connectivity index (χ0n) is 11.1. The molecule has 0 radical (unpaired) electrons. The molecule has 2 rings (SSSR count). The molecule has 0 saturated heterocycles. The first-order valence-corrected chi connectivity index (χ1v) is 7.02. The molecule has 106 valence electrons. The molecule has 1 aromatic heterocycles. The van der Waals surface area contributed by atoms with Gasteiger partial charge in [-0.05, 0) is 18.6 Å². The lowest BCUT2D eigenvalue weighted by atomic mass is 10.2. The third kappa shape index (κ3) is 3.47. The highest BCUT2D eigenvalue weighted by Crippen LogP contribution is 2.28. The molecule has 8 heteroatoms. The average Bonchev–Trinajstić information content (AvgIpc) is 2.83. The van der Waals surface area contributed by atoms with Crippen LogP contribution < -0.4 is 5.32 Å². The lowest BCUT2D eigenvalue weighted by molar-refractivity contribution is -0.384. The molecular weight excluding hydrogens is 280 g/mol. The SMILES string of the molecule is CCNc1ccc([N+](=O)[O-])cc1CSc1nnc(C)o1. The van der Waals surface area contributed by atoms with Crippen molar-refractivity contribution in [2.75, 3.05) is 11.9 Å². The molecule has 0 unspecified atom stereocenters. The Balaban J connectivity index is 2.18. The van der Waals surface area contributed by atoms with Gasteiger partial charge < -0.3 is 9.73 Å².